The quantitative estimate of drug-likeness (QED) is 0.757. The third-order valence-corrected chi connectivity index (χ3v) is 3.57. The number of para-hydroxylation sites is 1. The van der Waals surface area contributed by atoms with Gasteiger partial charge in [0, 0.05) is 26.1 Å². The molecule has 1 aromatic carbocycles. The van der Waals surface area contributed by atoms with Crippen molar-refractivity contribution in [3.05, 3.63) is 23.8 Å². The van der Waals surface area contributed by atoms with E-state index >= 15 is 0 Å². The molecule has 7 heteroatoms. The van der Waals surface area contributed by atoms with Gasteiger partial charge >= 0.3 is 5.97 Å². The van der Waals surface area contributed by atoms with Crippen molar-refractivity contribution in [3.8, 4) is 11.5 Å². The molecule has 0 spiro atoms. The standard InChI is InChI=1S/C14H17NO6/c1-20-10-4-2-3-9(11(10)16)12(17)15-14(13(18)19)5-7-21-8-6-14/h2-4,16H,5-8H2,1H3,(H,15,17)(H,18,19). The summed E-state index contributed by atoms with van der Waals surface area (Å²) < 4.78 is 10.1. The molecular formula is C14H17NO6. The second-order valence-electron chi connectivity index (χ2n) is 4.81. The maximum atomic E-state index is 12.3. The molecule has 0 radical (unpaired) electrons. The lowest BCUT2D eigenvalue weighted by Gasteiger charge is -2.33. The number of carboxylic acids is 1. The van der Waals surface area contributed by atoms with Crippen molar-refractivity contribution >= 4 is 11.9 Å². The number of ether oxygens (including phenoxy) is 2. The zero-order valence-corrected chi connectivity index (χ0v) is 11.6. The summed E-state index contributed by atoms with van der Waals surface area (Å²) in [4.78, 5) is 23.8. The highest BCUT2D eigenvalue weighted by atomic mass is 16.5. The van der Waals surface area contributed by atoms with Crippen LogP contribution in [0.4, 0.5) is 0 Å². The SMILES string of the molecule is COc1cccc(C(=O)NC2(C(=O)O)CCOCC2)c1O. The molecule has 7 nitrogen and oxygen atoms in total. The molecule has 0 bridgehead atoms. The minimum Gasteiger partial charge on any atom is -0.504 e. The van der Waals surface area contributed by atoms with Gasteiger partial charge in [-0.15, -0.1) is 0 Å². The van der Waals surface area contributed by atoms with Gasteiger partial charge in [-0.05, 0) is 12.1 Å². The number of hydrogen-bond donors (Lipinski definition) is 3. The number of methoxy groups -OCH3 is 1. The summed E-state index contributed by atoms with van der Waals surface area (Å²) in [6.07, 6.45) is 0.359. The van der Waals surface area contributed by atoms with Crippen LogP contribution in [0.5, 0.6) is 11.5 Å². The normalized spacial score (nSPS) is 17.0. The molecule has 3 N–H and O–H groups in total. The molecule has 0 aromatic heterocycles. The molecule has 21 heavy (non-hydrogen) atoms. The van der Waals surface area contributed by atoms with Crippen LogP contribution in [0.1, 0.15) is 23.2 Å². The second-order valence-corrected chi connectivity index (χ2v) is 4.81. The molecule has 0 atom stereocenters. The van der Waals surface area contributed by atoms with Crippen LogP contribution >= 0.6 is 0 Å². The Balaban J connectivity index is 2.26. The van der Waals surface area contributed by atoms with Gasteiger partial charge in [0.2, 0.25) is 0 Å². The lowest BCUT2D eigenvalue weighted by atomic mass is 9.89. The van der Waals surface area contributed by atoms with E-state index in [2.05, 4.69) is 5.32 Å². The molecular weight excluding hydrogens is 278 g/mol. The monoisotopic (exact) mass is 295 g/mol. The number of rotatable bonds is 4. The number of benzene rings is 1. The van der Waals surface area contributed by atoms with Crippen molar-refractivity contribution in [1.82, 2.24) is 5.32 Å². The molecule has 114 valence electrons. The van der Waals surface area contributed by atoms with Crippen LogP contribution in [0.15, 0.2) is 18.2 Å². The highest BCUT2D eigenvalue weighted by molar-refractivity contribution is 6.00. The van der Waals surface area contributed by atoms with Crippen molar-refractivity contribution in [2.45, 2.75) is 18.4 Å². The average molecular weight is 295 g/mol. The number of aromatic hydroxyl groups is 1. The highest BCUT2D eigenvalue weighted by Gasteiger charge is 2.42. The second kappa shape index (κ2) is 6.01. The van der Waals surface area contributed by atoms with Crippen molar-refractivity contribution in [2.24, 2.45) is 0 Å². The first kappa shape index (κ1) is 15.1. The Kier molecular flexibility index (Phi) is 4.32. The number of phenolic OH excluding ortho intramolecular Hbond substituents is 1. The van der Waals surface area contributed by atoms with Gasteiger partial charge in [0.1, 0.15) is 5.54 Å². The first-order valence-electron chi connectivity index (χ1n) is 6.50. The van der Waals surface area contributed by atoms with Crippen LogP contribution in [-0.2, 0) is 9.53 Å². The fourth-order valence-electron chi connectivity index (χ4n) is 2.27. The summed E-state index contributed by atoms with van der Waals surface area (Å²) in [5.74, 6) is -1.93. The zero-order valence-electron chi connectivity index (χ0n) is 11.6. The number of aliphatic carboxylic acids is 1. The number of carbonyl (C=O) groups is 2. The molecule has 0 saturated carbocycles. The molecule has 1 aliphatic rings. The van der Waals surface area contributed by atoms with Gasteiger partial charge in [-0.2, -0.15) is 0 Å². The Morgan fingerprint density at radius 1 is 1.33 bits per heavy atom. The number of carboxylic acid groups (broad SMARTS) is 1. The number of carbonyl (C=O) groups excluding carboxylic acids is 1. The van der Waals surface area contributed by atoms with Crippen LogP contribution in [0.2, 0.25) is 0 Å². The van der Waals surface area contributed by atoms with Crippen LogP contribution in [0, 0.1) is 0 Å². The van der Waals surface area contributed by atoms with Gasteiger partial charge < -0.3 is 25.0 Å². The fourth-order valence-corrected chi connectivity index (χ4v) is 2.27. The van der Waals surface area contributed by atoms with Gasteiger partial charge in [-0.1, -0.05) is 6.07 Å². The molecule has 0 aliphatic carbocycles. The van der Waals surface area contributed by atoms with Gasteiger partial charge in [0.25, 0.3) is 5.91 Å². The zero-order chi connectivity index (χ0) is 15.5. The number of hydrogen-bond acceptors (Lipinski definition) is 5. The van der Waals surface area contributed by atoms with Crippen LogP contribution in [0.3, 0.4) is 0 Å². The lowest BCUT2D eigenvalue weighted by Crippen LogP contribution is -2.57. The number of amides is 1. The van der Waals surface area contributed by atoms with Gasteiger partial charge in [0.15, 0.2) is 11.5 Å². The number of phenols is 1. The summed E-state index contributed by atoms with van der Waals surface area (Å²) in [5.41, 5.74) is -1.40. The summed E-state index contributed by atoms with van der Waals surface area (Å²) in [5, 5.41) is 21.9. The Hall–Kier alpha value is -2.28. The topological polar surface area (TPSA) is 105 Å². The predicted octanol–water partition coefficient (Wildman–Crippen LogP) is 0.764. The number of nitrogens with one attached hydrogen (secondary N) is 1. The van der Waals surface area contributed by atoms with Gasteiger partial charge in [-0.25, -0.2) is 4.79 Å². The smallest absolute Gasteiger partial charge is 0.329 e. The van der Waals surface area contributed by atoms with Crippen LogP contribution in [0.25, 0.3) is 0 Å². The van der Waals surface area contributed by atoms with Crippen molar-refractivity contribution in [1.29, 1.82) is 0 Å². The Morgan fingerprint density at radius 2 is 2.00 bits per heavy atom. The largest absolute Gasteiger partial charge is 0.504 e. The average Bonchev–Trinajstić information content (AvgIpc) is 2.48. The molecule has 0 unspecified atom stereocenters. The summed E-state index contributed by atoms with van der Waals surface area (Å²) in [7, 11) is 1.37. The molecule has 1 saturated heterocycles. The maximum absolute atomic E-state index is 12.3. The minimum atomic E-state index is -1.37. The van der Waals surface area contributed by atoms with Gasteiger partial charge in [0.05, 0.1) is 12.7 Å². The van der Waals surface area contributed by atoms with E-state index in [4.69, 9.17) is 9.47 Å². The van der Waals surface area contributed by atoms with E-state index in [0.717, 1.165) is 0 Å². The Labute approximate surface area is 121 Å². The maximum Gasteiger partial charge on any atom is 0.329 e. The van der Waals surface area contributed by atoms with Crippen molar-refractivity contribution in [3.63, 3.8) is 0 Å². The van der Waals surface area contributed by atoms with E-state index in [1.54, 1.807) is 6.07 Å². The fraction of sp³-hybridized carbons (Fsp3) is 0.429. The predicted molar refractivity (Wildman–Crippen MR) is 72.5 cm³/mol. The molecule has 2 rings (SSSR count). The summed E-state index contributed by atoms with van der Waals surface area (Å²) in [6, 6.07) is 4.46. The van der Waals surface area contributed by atoms with E-state index in [1.165, 1.54) is 19.2 Å². The first-order chi connectivity index (χ1) is 10.00. The molecule has 1 amide bonds. The lowest BCUT2D eigenvalue weighted by molar-refractivity contribution is -0.148. The molecule has 1 fully saturated rings. The third-order valence-electron chi connectivity index (χ3n) is 3.57. The molecule has 1 aromatic rings. The van der Waals surface area contributed by atoms with Crippen LogP contribution in [-0.4, -0.2) is 48.0 Å². The van der Waals surface area contributed by atoms with Crippen molar-refractivity contribution in [2.75, 3.05) is 20.3 Å². The third kappa shape index (κ3) is 2.92. The van der Waals surface area contributed by atoms with Crippen LogP contribution < -0.4 is 10.1 Å². The highest BCUT2D eigenvalue weighted by Crippen LogP contribution is 2.30. The van der Waals surface area contributed by atoms with E-state index in [1.807, 2.05) is 0 Å². The van der Waals surface area contributed by atoms with E-state index in [0.29, 0.717) is 0 Å². The van der Waals surface area contributed by atoms with E-state index in [9.17, 15) is 19.8 Å². The molecule has 1 heterocycles. The minimum absolute atomic E-state index is 0.0264. The van der Waals surface area contributed by atoms with E-state index < -0.39 is 17.4 Å². The summed E-state index contributed by atoms with van der Waals surface area (Å²) >= 11 is 0. The Morgan fingerprint density at radius 3 is 2.57 bits per heavy atom. The first-order valence-corrected chi connectivity index (χ1v) is 6.50. The van der Waals surface area contributed by atoms with E-state index in [-0.39, 0.29) is 43.1 Å². The Bertz CT molecular complexity index is 550. The van der Waals surface area contributed by atoms with Crippen molar-refractivity contribution < 1.29 is 29.3 Å². The molecule has 1 aliphatic heterocycles. The summed E-state index contributed by atoms with van der Waals surface area (Å²) in [6.45, 7) is 0.521. The van der Waals surface area contributed by atoms with Gasteiger partial charge in [-0.3, -0.25) is 4.79 Å².